The number of tetrazole rings is 1. The summed E-state index contributed by atoms with van der Waals surface area (Å²) in [5, 5.41) is 15.1. The van der Waals surface area contributed by atoms with Crippen LogP contribution in [0.4, 0.5) is 11.4 Å². The molecule has 7 nitrogen and oxygen atoms in total. The summed E-state index contributed by atoms with van der Waals surface area (Å²) in [6, 6.07) is 14.1. The minimum absolute atomic E-state index is 0.0623. The summed E-state index contributed by atoms with van der Waals surface area (Å²) in [5.41, 5.74) is 7.60. The SMILES string of the molecule is Nc1ccc(-c2nnn(CC(=O)Nc3ccccc3Cl)n2)cc1. The highest BCUT2D eigenvalue weighted by molar-refractivity contribution is 6.33. The van der Waals surface area contributed by atoms with Gasteiger partial charge in [-0.3, -0.25) is 4.79 Å². The first-order valence-corrected chi connectivity index (χ1v) is 7.18. The molecule has 2 aromatic carbocycles. The smallest absolute Gasteiger partial charge is 0.248 e. The number of carbonyl (C=O) groups excluding carboxylic acids is 1. The molecule has 0 saturated heterocycles. The summed E-state index contributed by atoms with van der Waals surface area (Å²) in [6.45, 7) is -0.0623. The number of carbonyl (C=O) groups is 1. The van der Waals surface area contributed by atoms with Crippen molar-refractivity contribution in [3.63, 3.8) is 0 Å². The van der Waals surface area contributed by atoms with Crippen LogP contribution in [-0.2, 0) is 11.3 Å². The van der Waals surface area contributed by atoms with Gasteiger partial charge in [0.25, 0.3) is 0 Å². The van der Waals surface area contributed by atoms with E-state index in [1.54, 1.807) is 48.5 Å². The van der Waals surface area contributed by atoms with Gasteiger partial charge in [0.2, 0.25) is 11.7 Å². The second-order valence-electron chi connectivity index (χ2n) is 4.79. The quantitative estimate of drug-likeness (QED) is 0.715. The number of nitrogen functional groups attached to an aromatic ring is 1. The molecule has 0 aliphatic heterocycles. The molecule has 0 aliphatic rings. The number of rotatable bonds is 4. The molecular weight excluding hydrogens is 316 g/mol. The van der Waals surface area contributed by atoms with E-state index in [1.165, 1.54) is 4.80 Å². The van der Waals surface area contributed by atoms with Crippen molar-refractivity contribution in [1.82, 2.24) is 20.2 Å². The van der Waals surface area contributed by atoms with Crippen LogP contribution in [0.15, 0.2) is 48.5 Å². The lowest BCUT2D eigenvalue weighted by Gasteiger charge is -2.05. The van der Waals surface area contributed by atoms with E-state index < -0.39 is 0 Å². The largest absolute Gasteiger partial charge is 0.399 e. The first-order valence-electron chi connectivity index (χ1n) is 6.80. The Morgan fingerprint density at radius 1 is 1.17 bits per heavy atom. The van der Waals surface area contributed by atoms with Crippen molar-refractivity contribution in [3.05, 3.63) is 53.6 Å². The van der Waals surface area contributed by atoms with E-state index in [1.807, 2.05) is 0 Å². The number of nitrogens with one attached hydrogen (secondary N) is 1. The van der Waals surface area contributed by atoms with Crippen molar-refractivity contribution in [2.45, 2.75) is 6.54 Å². The van der Waals surface area contributed by atoms with E-state index in [0.29, 0.717) is 22.2 Å². The number of nitrogens with two attached hydrogens (primary N) is 1. The normalized spacial score (nSPS) is 10.5. The van der Waals surface area contributed by atoms with Crippen molar-refractivity contribution in [2.24, 2.45) is 0 Å². The summed E-state index contributed by atoms with van der Waals surface area (Å²) >= 11 is 5.99. The third-order valence-electron chi connectivity index (χ3n) is 3.05. The van der Waals surface area contributed by atoms with Crippen LogP contribution >= 0.6 is 11.6 Å². The van der Waals surface area contributed by atoms with Gasteiger partial charge in [-0.25, -0.2) is 0 Å². The van der Waals surface area contributed by atoms with Gasteiger partial charge in [0, 0.05) is 11.3 Å². The molecule has 3 N–H and O–H groups in total. The highest BCUT2D eigenvalue weighted by Gasteiger charge is 2.10. The maximum Gasteiger partial charge on any atom is 0.248 e. The molecule has 1 amide bonds. The summed E-state index contributed by atoms with van der Waals surface area (Å²) in [4.78, 5) is 13.2. The average molecular weight is 329 g/mol. The van der Waals surface area contributed by atoms with Gasteiger partial charge in [0.1, 0.15) is 6.54 Å². The van der Waals surface area contributed by atoms with E-state index >= 15 is 0 Å². The second kappa shape index (κ2) is 6.45. The Kier molecular flexibility index (Phi) is 4.20. The van der Waals surface area contributed by atoms with E-state index in [2.05, 4.69) is 20.7 Å². The zero-order valence-electron chi connectivity index (χ0n) is 12.0. The summed E-state index contributed by atoms with van der Waals surface area (Å²) in [5.74, 6) is 0.134. The fraction of sp³-hybridized carbons (Fsp3) is 0.0667. The minimum atomic E-state index is -0.292. The van der Waals surface area contributed by atoms with Gasteiger partial charge < -0.3 is 11.1 Å². The van der Waals surface area contributed by atoms with Crippen molar-refractivity contribution in [2.75, 3.05) is 11.1 Å². The Morgan fingerprint density at radius 2 is 1.91 bits per heavy atom. The Hall–Kier alpha value is -2.93. The van der Waals surface area contributed by atoms with Crippen LogP contribution in [0.1, 0.15) is 0 Å². The first-order chi connectivity index (χ1) is 11.1. The lowest BCUT2D eigenvalue weighted by Crippen LogP contribution is -2.20. The molecule has 1 heterocycles. The molecule has 0 fully saturated rings. The molecule has 0 atom stereocenters. The van der Waals surface area contributed by atoms with Crippen LogP contribution in [0, 0.1) is 0 Å². The molecule has 0 saturated carbocycles. The van der Waals surface area contributed by atoms with Crippen LogP contribution in [0.25, 0.3) is 11.4 Å². The molecule has 0 spiro atoms. The lowest BCUT2D eigenvalue weighted by molar-refractivity contribution is -0.117. The third kappa shape index (κ3) is 3.64. The standard InChI is InChI=1S/C15H13ClN6O/c16-12-3-1-2-4-13(12)18-14(23)9-22-20-15(19-21-22)10-5-7-11(17)8-6-10/h1-8H,9,17H2,(H,18,23). The van der Waals surface area contributed by atoms with Gasteiger partial charge in [0.15, 0.2) is 0 Å². The van der Waals surface area contributed by atoms with E-state index in [9.17, 15) is 4.79 Å². The third-order valence-corrected chi connectivity index (χ3v) is 3.38. The van der Waals surface area contributed by atoms with Crippen LogP contribution in [0.2, 0.25) is 5.02 Å². The molecule has 0 radical (unpaired) electrons. The predicted octanol–water partition coefficient (Wildman–Crippen LogP) is 2.21. The van der Waals surface area contributed by atoms with Crippen LogP contribution in [0.3, 0.4) is 0 Å². The van der Waals surface area contributed by atoms with Gasteiger partial charge in [-0.05, 0) is 41.6 Å². The summed E-state index contributed by atoms with van der Waals surface area (Å²) in [7, 11) is 0. The highest BCUT2D eigenvalue weighted by Crippen LogP contribution is 2.20. The van der Waals surface area contributed by atoms with Gasteiger partial charge in [-0.2, -0.15) is 4.80 Å². The van der Waals surface area contributed by atoms with Gasteiger partial charge in [-0.1, -0.05) is 23.7 Å². The Balaban J connectivity index is 1.68. The fourth-order valence-electron chi connectivity index (χ4n) is 1.94. The summed E-state index contributed by atoms with van der Waals surface area (Å²) in [6.07, 6.45) is 0. The number of benzene rings is 2. The predicted molar refractivity (Wildman–Crippen MR) is 87.7 cm³/mol. The molecule has 3 aromatic rings. The Labute approximate surface area is 137 Å². The molecule has 0 aliphatic carbocycles. The Morgan fingerprint density at radius 3 is 2.65 bits per heavy atom. The second-order valence-corrected chi connectivity index (χ2v) is 5.20. The number of para-hydroxylation sites is 1. The monoisotopic (exact) mass is 328 g/mol. The Bertz CT molecular complexity index is 830. The number of anilines is 2. The van der Waals surface area contributed by atoms with E-state index in [4.69, 9.17) is 17.3 Å². The fourth-order valence-corrected chi connectivity index (χ4v) is 2.12. The van der Waals surface area contributed by atoms with E-state index in [0.717, 1.165) is 5.56 Å². The summed E-state index contributed by atoms with van der Waals surface area (Å²) < 4.78 is 0. The van der Waals surface area contributed by atoms with Crippen LogP contribution < -0.4 is 11.1 Å². The molecule has 8 heteroatoms. The highest BCUT2D eigenvalue weighted by atomic mass is 35.5. The van der Waals surface area contributed by atoms with E-state index in [-0.39, 0.29) is 12.5 Å². The number of nitrogens with zero attached hydrogens (tertiary/aromatic N) is 4. The number of hydrogen-bond acceptors (Lipinski definition) is 5. The molecule has 0 bridgehead atoms. The molecule has 1 aromatic heterocycles. The number of halogens is 1. The number of amides is 1. The minimum Gasteiger partial charge on any atom is -0.399 e. The van der Waals surface area contributed by atoms with Crippen LogP contribution in [0.5, 0.6) is 0 Å². The van der Waals surface area contributed by atoms with Gasteiger partial charge in [0.05, 0.1) is 10.7 Å². The van der Waals surface area contributed by atoms with Crippen molar-refractivity contribution < 1.29 is 4.79 Å². The molecule has 23 heavy (non-hydrogen) atoms. The lowest BCUT2D eigenvalue weighted by atomic mass is 10.2. The molecule has 116 valence electrons. The number of aromatic nitrogens is 4. The maximum absolute atomic E-state index is 12.0. The average Bonchev–Trinajstić information content (AvgIpc) is 2.98. The topological polar surface area (TPSA) is 98.7 Å². The molecular formula is C15H13ClN6O. The first kappa shape index (κ1) is 15.0. The zero-order chi connectivity index (χ0) is 16.2. The van der Waals surface area contributed by atoms with Crippen molar-refractivity contribution in [1.29, 1.82) is 0 Å². The van der Waals surface area contributed by atoms with Crippen LogP contribution in [-0.4, -0.2) is 26.1 Å². The van der Waals surface area contributed by atoms with Crippen molar-refractivity contribution >= 4 is 28.9 Å². The molecule has 0 unspecified atom stereocenters. The zero-order valence-corrected chi connectivity index (χ0v) is 12.7. The van der Waals surface area contributed by atoms with Crippen molar-refractivity contribution in [3.8, 4) is 11.4 Å². The number of hydrogen-bond donors (Lipinski definition) is 2. The van der Waals surface area contributed by atoms with Gasteiger partial charge >= 0.3 is 0 Å². The maximum atomic E-state index is 12.0. The molecule has 3 rings (SSSR count). The van der Waals surface area contributed by atoms with Gasteiger partial charge in [-0.15, -0.1) is 10.2 Å².